The maximum absolute atomic E-state index is 14.0. The largest absolute Gasteiger partial charge is 0.304 e. The van der Waals surface area contributed by atoms with Crippen molar-refractivity contribution < 1.29 is 9.31 Å². The molecule has 0 bridgehead atoms. The summed E-state index contributed by atoms with van der Waals surface area (Å²) in [5.74, 6) is -0.762. The van der Waals surface area contributed by atoms with Crippen LogP contribution >= 0.6 is 0 Å². The van der Waals surface area contributed by atoms with Crippen LogP contribution < -0.4 is 0 Å². The molecule has 0 saturated heterocycles. The van der Waals surface area contributed by atoms with Gasteiger partial charge in [0, 0.05) is 6.07 Å². The quantitative estimate of drug-likeness (QED) is 0.554. The number of rotatable bonds is 6. The molecule has 0 spiro atoms. The number of hydrogen-bond acceptors (Lipinski definition) is 2. The molecule has 0 saturated carbocycles. The minimum Gasteiger partial charge on any atom is -0.258 e. The molecule has 0 N–H and O–H groups in total. The molecule has 2 aromatic carbocycles. The number of nitro benzene ring substituents is 1. The first-order valence-electron chi connectivity index (χ1n) is 7.50. The molecule has 0 fully saturated rings. The molecule has 0 heterocycles. The Balaban J connectivity index is 2.43. The highest BCUT2D eigenvalue weighted by Crippen LogP contribution is 2.37. The van der Waals surface area contributed by atoms with Gasteiger partial charge in [-0.1, -0.05) is 50.2 Å². The van der Waals surface area contributed by atoms with Gasteiger partial charge in [-0.25, -0.2) is 0 Å². The average Bonchev–Trinajstić information content (AvgIpc) is 2.53. The van der Waals surface area contributed by atoms with Crippen LogP contribution in [0.2, 0.25) is 0 Å². The van der Waals surface area contributed by atoms with Crippen molar-refractivity contribution >= 4 is 5.69 Å². The van der Waals surface area contributed by atoms with Gasteiger partial charge in [0.25, 0.3) is 0 Å². The molecular weight excluding hydrogens is 281 g/mol. The van der Waals surface area contributed by atoms with E-state index in [2.05, 4.69) is 26.0 Å². The normalized spacial score (nSPS) is 11.4. The molecule has 0 unspecified atom stereocenters. The highest BCUT2D eigenvalue weighted by Gasteiger charge is 2.30. The Bertz CT molecular complexity index is 651. The van der Waals surface area contributed by atoms with Gasteiger partial charge in [0.05, 0.1) is 4.92 Å². The van der Waals surface area contributed by atoms with E-state index in [-0.39, 0.29) is 5.41 Å². The summed E-state index contributed by atoms with van der Waals surface area (Å²) in [4.78, 5) is 10.1. The van der Waals surface area contributed by atoms with E-state index >= 15 is 0 Å². The Morgan fingerprint density at radius 1 is 1.09 bits per heavy atom. The smallest absolute Gasteiger partial charge is 0.258 e. The Kier molecular flexibility index (Phi) is 4.91. The van der Waals surface area contributed by atoms with Gasteiger partial charge in [-0.05, 0) is 41.9 Å². The summed E-state index contributed by atoms with van der Waals surface area (Å²) in [5.41, 5.74) is 1.33. The molecule has 116 valence electrons. The van der Waals surface area contributed by atoms with Crippen LogP contribution in [0.5, 0.6) is 0 Å². The molecular formula is C18H20FNO2. The van der Waals surface area contributed by atoms with Crippen molar-refractivity contribution in [3.05, 3.63) is 75.6 Å². The summed E-state index contributed by atoms with van der Waals surface area (Å²) in [6, 6.07) is 14.4. The predicted octanol–water partition coefficient (Wildman–Crippen LogP) is 5.03. The zero-order valence-corrected chi connectivity index (χ0v) is 12.9. The van der Waals surface area contributed by atoms with E-state index in [0.717, 1.165) is 24.8 Å². The Morgan fingerprint density at radius 3 is 2.23 bits per heavy atom. The molecule has 0 radical (unpaired) electrons. The third-order valence-electron chi connectivity index (χ3n) is 4.50. The van der Waals surface area contributed by atoms with E-state index in [4.69, 9.17) is 0 Å². The maximum Gasteiger partial charge on any atom is 0.304 e. The molecule has 0 aromatic heterocycles. The molecule has 2 rings (SSSR count). The molecule has 0 aliphatic heterocycles. The van der Waals surface area contributed by atoms with Crippen LogP contribution in [0.3, 0.4) is 0 Å². The highest BCUT2D eigenvalue weighted by atomic mass is 19.1. The monoisotopic (exact) mass is 301 g/mol. The number of nitro groups is 1. The lowest BCUT2D eigenvalue weighted by Crippen LogP contribution is -2.27. The summed E-state index contributed by atoms with van der Waals surface area (Å²) in [7, 11) is 0. The van der Waals surface area contributed by atoms with Crippen LogP contribution in [-0.4, -0.2) is 4.92 Å². The van der Waals surface area contributed by atoms with Gasteiger partial charge in [-0.15, -0.1) is 0 Å². The van der Waals surface area contributed by atoms with Gasteiger partial charge in [0.2, 0.25) is 5.82 Å². The third kappa shape index (κ3) is 3.16. The summed E-state index contributed by atoms with van der Waals surface area (Å²) in [5, 5.41) is 10.8. The minimum atomic E-state index is -0.762. The van der Waals surface area contributed by atoms with Crippen LogP contribution in [0.4, 0.5) is 10.1 Å². The van der Waals surface area contributed by atoms with E-state index in [1.807, 2.05) is 18.2 Å². The second-order valence-electron chi connectivity index (χ2n) is 5.57. The lowest BCUT2D eigenvalue weighted by molar-refractivity contribution is -0.387. The highest BCUT2D eigenvalue weighted by molar-refractivity contribution is 5.39. The van der Waals surface area contributed by atoms with Gasteiger partial charge < -0.3 is 0 Å². The third-order valence-corrected chi connectivity index (χ3v) is 4.50. The van der Waals surface area contributed by atoms with Crippen molar-refractivity contribution in [1.29, 1.82) is 0 Å². The summed E-state index contributed by atoms with van der Waals surface area (Å²) >= 11 is 0. The number of halogens is 1. The second kappa shape index (κ2) is 6.69. The fraction of sp³-hybridized carbons (Fsp3) is 0.333. The van der Waals surface area contributed by atoms with E-state index < -0.39 is 16.4 Å². The van der Waals surface area contributed by atoms with Crippen LogP contribution in [-0.2, 0) is 11.8 Å². The topological polar surface area (TPSA) is 43.1 Å². The van der Waals surface area contributed by atoms with Gasteiger partial charge in [-0.2, -0.15) is 4.39 Å². The van der Waals surface area contributed by atoms with Crippen molar-refractivity contribution in [2.45, 2.75) is 38.5 Å². The average molecular weight is 301 g/mol. The van der Waals surface area contributed by atoms with E-state index in [0.29, 0.717) is 0 Å². The maximum atomic E-state index is 14.0. The van der Waals surface area contributed by atoms with Gasteiger partial charge in [-0.3, -0.25) is 10.1 Å². The van der Waals surface area contributed by atoms with Crippen molar-refractivity contribution in [3.8, 4) is 0 Å². The first-order valence-corrected chi connectivity index (χ1v) is 7.50. The van der Waals surface area contributed by atoms with Gasteiger partial charge >= 0.3 is 5.69 Å². The van der Waals surface area contributed by atoms with E-state index in [1.165, 1.54) is 17.7 Å². The number of benzene rings is 2. The minimum absolute atomic E-state index is 0.211. The molecule has 3 nitrogen and oxygen atoms in total. The fourth-order valence-electron chi connectivity index (χ4n) is 2.98. The van der Waals surface area contributed by atoms with Crippen LogP contribution in [0.15, 0.2) is 48.5 Å². The van der Waals surface area contributed by atoms with Crippen LogP contribution in [0.1, 0.15) is 37.8 Å². The Morgan fingerprint density at radius 2 is 1.73 bits per heavy atom. The lowest BCUT2D eigenvalue weighted by atomic mass is 9.71. The summed E-state index contributed by atoms with van der Waals surface area (Å²) in [6.45, 7) is 4.15. The molecule has 0 atom stereocenters. The summed E-state index contributed by atoms with van der Waals surface area (Å²) in [6.07, 6.45) is 2.48. The van der Waals surface area contributed by atoms with E-state index in [9.17, 15) is 14.5 Å². The van der Waals surface area contributed by atoms with Crippen molar-refractivity contribution in [2.24, 2.45) is 0 Å². The van der Waals surface area contributed by atoms with Crippen molar-refractivity contribution in [2.75, 3.05) is 0 Å². The molecule has 0 amide bonds. The number of nitrogens with zero attached hydrogens (tertiary/aromatic N) is 1. The second-order valence-corrected chi connectivity index (χ2v) is 5.57. The summed E-state index contributed by atoms with van der Waals surface area (Å²) < 4.78 is 14.0. The van der Waals surface area contributed by atoms with Gasteiger partial charge in [0.15, 0.2) is 0 Å². The van der Waals surface area contributed by atoms with Crippen LogP contribution in [0, 0.1) is 15.9 Å². The van der Waals surface area contributed by atoms with Crippen molar-refractivity contribution in [3.63, 3.8) is 0 Å². The molecule has 22 heavy (non-hydrogen) atoms. The van der Waals surface area contributed by atoms with Crippen molar-refractivity contribution in [1.82, 2.24) is 0 Å². The fourth-order valence-corrected chi connectivity index (χ4v) is 2.98. The number of hydrogen-bond donors (Lipinski definition) is 0. The first kappa shape index (κ1) is 16.1. The molecule has 0 aliphatic carbocycles. The SMILES string of the molecule is CCC(CC)(Cc1ccccc1)c1ccc([N+](=O)[O-])c(F)c1. The standard InChI is InChI=1S/C18H20FNO2/c1-3-18(4-2,13-14-8-6-5-7-9-14)15-10-11-17(20(21)22)16(19)12-15/h5-12H,3-4,13H2,1-2H3. The van der Waals surface area contributed by atoms with E-state index in [1.54, 1.807) is 6.07 Å². The van der Waals surface area contributed by atoms with Gasteiger partial charge in [0.1, 0.15) is 0 Å². The Labute approximate surface area is 129 Å². The molecule has 0 aliphatic rings. The molecule has 2 aromatic rings. The predicted molar refractivity (Wildman–Crippen MR) is 85.5 cm³/mol. The molecule has 4 heteroatoms. The first-order chi connectivity index (χ1) is 10.5. The van der Waals surface area contributed by atoms with Crippen LogP contribution in [0.25, 0.3) is 0 Å². The lowest BCUT2D eigenvalue weighted by Gasteiger charge is -2.32. The Hall–Kier alpha value is -2.23. The zero-order chi connectivity index (χ0) is 16.2. The zero-order valence-electron chi connectivity index (χ0n) is 12.9.